The van der Waals surface area contributed by atoms with E-state index < -0.39 is 5.97 Å². The molecular formula is C3H10NNaO2Si. The Bertz CT molecular complexity index is 52.5. The van der Waals surface area contributed by atoms with Gasteiger partial charge in [-0.3, -0.25) is 4.79 Å². The van der Waals surface area contributed by atoms with E-state index in [0.717, 1.165) is 0 Å². The van der Waals surface area contributed by atoms with Gasteiger partial charge in [0.25, 0.3) is 0 Å². The maximum Gasteiger partial charge on any atom is 1.00 e. The van der Waals surface area contributed by atoms with Crippen LogP contribution >= 0.6 is 0 Å². The second-order valence-electron chi connectivity index (χ2n) is 0.598. The van der Waals surface area contributed by atoms with Gasteiger partial charge in [0, 0.05) is 0 Å². The largest absolute Gasteiger partial charge is 1.00 e. The summed E-state index contributed by atoms with van der Waals surface area (Å²) in [6.45, 7) is 1.75. The summed E-state index contributed by atoms with van der Waals surface area (Å²) < 4.78 is 0. The molecule has 3 N–H and O–H groups in total. The second kappa shape index (κ2) is 15.6. The third-order valence-corrected chi connectivity index (χ3v) is 0.175. The second-order valence-corrected chi connectivity index (χ2v) is 0.598. The van der Waals surface area contributed by atoms with Crippen LogP contribution in [0.15, 0.2) is 0 Å². The summed E-state index contributed by atoms with van der Waals surface area (Å²) in [4.78, 5) is 9.24. The van der Waals surface area contributed by atoms with Crippen molar-refractivity contribution in [2.24, 2.45) is 5.73 Å². The molecule has 8 heavy (non-hydrogen) atoms. The predicted molar refractivity (Wildman–Crippen MR) is 31.1 cm³/mol. The molecule has 0 aromatic rings. The van der Waals surface area contributed by atoms with Gasteiger partial charge in [0.1, 0.15) is 0 Å². The van der Waals surface area contributed by atoms with Crippen LogP contribution < -0.4 is 35.3 Å². The van der Waals surface area contributed by atoms with E-state index in [9.17, 15) is 4.79 Å². The van der Waals surface area contributed by atoms with E-state index in [0.29, 0.717) is 0 Å². The van der Waals surface area contributed by atoms with Crippen molar-refractivity contribution in [1.29, 1.82) is 0 Å². The Labute approximate surface area is 74.4 Å². The molecule has 0 radical (unpaired) electrons. The van der Waals surface area contributed by atoms with Crippen molar-refractivity contribution in [3.8, 4) is 0 Å². The van der Waals surface area contributed by atoms with Crippen molar-refractivity contribution < 1.29 is 39.5 Å². The molecule has 0 fully saturated rings. The molecule has 0 aromatic carbocycles. The molecule has 0 heterocycles. The predicted octanol–water partition coefficient (Wildman–Crippen LogP) is -4.30. The van der Waals surface area contributed by atoms with Crippen molar-refractivity contribution in [3.63, 3.8) is 0 Å². The molecule has 0 unspecified atom stereocenters. The van der Waals surface area contributed by atoms with Crippen molar-refractivity contribution >= 4 is 16.2 Å². The first-order chi connectivity index (χ1) is 3.27. The number of aliphatic carboxylic acids is 1. The number of hydrogen-bond donors (Lipinski definition) is 2. The molecule has 0 bridgehead atoms. The van der Waals surface area contributed by atoms with Crippen LogP contribution in [0, 0.1) is 0 Å². The third-order valence-electron chi connectivity index (χ3n) is 0.175. The fourth-order valence-electron chi connectivity index (χ4n) is 0. The Hall–Kier alpha value is 0.647. The third kappa shape index (κ3) is 30.3. The number of hydrogen-bond acceptors (Lipinski definition) is 2. The first-order valence-electron chi connectivity index (χ1n) is 1.90. The smallest absolute Gasteiger partial charge is 0.480 e. The van der Waals surface area contributed by atoms with Gasteiger partial charge in [-0.15, -0.1) is 0 Å². The Morgan fingerprint density at radius 3 is 1.88 bits per heavy atom. The summed E-state index contributed by atoms with van der Waals surface area (Å²) in [6.07, 6.45) is 0. The molecule has 44 valence electrons. The van der Waals surface area contributed by atoms with Crippen molar-refractivity contribution in [2.45, 2.75) is 6.55 Å². The number of carboxylic acids is 1. The summed E-state index contributed by atoms with van der Waals surface area (Å²) in [5.74, 6) is -0.968. The summed E-state index contributed by atoms with van der Waals surface area (Å²) >= 11 is 0. The molecule has 0 aliphatic carbocycles. The molecule has 0 aliphatic rings. The number of carbonyl (C=O) groups is 1. The SMILES string of the molecule is C[SiH2-].NCC(=O)O.[Na+]. The van der Waals surface area contributed by atoms with Crippen LogP contribution in [-0.4, -0.2) is 27.9 Å². The minimum absolute atomic E-state index is 0. The molecule has 0 saturated carbocycles. The molecule has 3 nitrogen and oxygen atoms in total. The normalized spacial score (nSPS) is 5.38. The van der Waals surface area contributed by atoms with Crippen LogP contribution in [0.5, 0.6) is 0 Å². The van der Waals surface area contributed by atoms with Gasteiger partial charge in [0.05, 0.1) is 6.54 Å². The van der Waals surface area contributed by atoms with Gasteiger partial charge in [-0.1, -0.05) is 0 Å². The van der Waals surface area contributed by atoms with Crippen LogP contribution in [-0.2, 0) is 4.79 Å². The van der Waals surface area contributed by atoms with Crippen molar-refractivity contribution in [1.82, 2.24) is 0 Å². The Morgan fingerprint density at radius 2 is 1.88 bits per heavy atom. The van der Waals surface area contributed by atoms with E-state index >= 15 is 0 Å². The minimum atomic E-state index is -0.968. The van der Waals surface area contributed by atoms with E-state index in [1.54, 1.807) is 0 Å². The molecule has 0 spiro atoms. The molecule has 0 aliphatic heterocycles. The standard InChI is InChI=1S/C2H5NO2.CH5Si.Na/c3-1-2(4)5;1-2;/h1,3H2,(H,4,5);2H2,1H3;/q;-1;+1. The fourth-order valence-corrected chi connectivity index (χ4v) is 0. The van der Waals surface area contributed by atoms with Gasteiger partial charge in [0.2, 0.25) is 0 Å². The first kappa shape index (κ1) is 15.9. The maximum atomic E-state index is 9.24. The van der Waals surface area contributed by atoms with Gasteiger partial charge < -0.3 is 21.1 Å². The monoisotopic (exact) mass is 143 g/mol. The fraction of sp³-hybridized carbons (Fsp3) is 0.667. The van der Waals surface area contributed by atoms with E-state index in [-0.39, 0.29) is 36.1 Å². The van der Waals surface area contributed by atoms with Crippen molar-refractivity contribution in [2.75, 3.05) is 6.54 Å². The van der Waals surface area contributed by atoms with Gasteiger partial charge in [-0.05, 0) is 0 Å². The Morgan fingerprint density at radius 1 is 1.75 bits per heavy atom. The number of carboxylic acid groups (broad SMARTS) is 1. The van der Waals surface area contributed by atoms with Crippen molar-refractivity contribution in [3.05, 3.63) is 0 Å². The van der Waals surface area contributed by atoms with Gasteiger partial charge >= 0.3 is 35.5 Å². The molecule has 0 atom stereocenters. The molecule has 5 heteroatoms. The van der Waals surface area contributed by atoms with E-state index in [1.165, 1.54) is 0 Å². The number of nitrogens with two attached hydrogens (primary N) is 1. The van der Waals surface area contributed by atoms with Gasteiger partial charge in [0.15, 0.2) is 0 Å². The molecule has 0 amide bonds. The van der Waals surface area contributed by atoms with Crippen LogP contribution in [0.3, 0.4) is 0 Å². The average Bonchev–Trinajstić information content (AvgIpc) is 1.73. The summed E-state index contributed by atoms with van der Waals surface area (Å²) in [5.41, 5.74) is 4.57. The molecule has 0 aromatic heterocycles. The van der Waals surface area contributed by atoms with Crippen LogP contribution in [0.25, 0.3) is 0 Å². The zero-order chi connectivity index (χ0) is 6.28. The van der Waals surface area contributed by atoms with Crippen LogP contribution in [0.1, 0.15) is 0 Å². The van der Waals surface area contributed by atoms with Gasteiger partial charge in [-0.2, -0.15) is 6.55 Å². The summed E-state index contributed by atoms with van der Waals surface area (Å²) in [7, 11) is 1.86. The molecule has 0 saturated heterocycles. The summed E-state index contributed by atoms with van der Waals surface area (Å²) in [5, 5.41) is 7.60. The first-order valence-corrected chi connectivity index (χ1v) is 3.31. The summed E-state index contributed by atoms with van der Waals surface area (Å²) in [6, 6.07) is 0. The topological polar surface area (TPSA) is 63.3 Å². The molecular weight excluding hydrogens is 133 g/mol. The zero-order valence-corrected chi connectivity index (χ0v) is 8.76. The van der Waals surface area contributed by atoms with Crippen LogP contribution in [0.2, 0.25) is 6.55 Å². The minimum Gasteiger partial charge on any atom is -0.480 e. The quantitative estimate of drug-likeness (QED) is 0.365. The van der Waals surface area contributed by atoms with Gasteiger partial charge in [-0.25, -0.2) is 0 Å². The average molecular weight is 143 g/mol. The Balaban J connectivity index is -0.0000000750. The maximum absolute atomic E-state index is 9.24. The Kier molecular flexibility index (Phi) is 31.0. The van der Waals surface area contributed by atoms with E-state index in [4.69, 9.17) is 5.11 Å². The zero-order valence-electron chi connectivity index (χ0n) is 5.35. The van der Waals surface area contributed by atoms with Crippen LogP contribution in [0.4, 0.5) is 0 Å². The van der Waals surface area contributed by atoms with E-state index in [1.807, 2.05) is 16.8 Å². The van der Waals surface area contributed by atoms with E-state index in [2.05, 4.69) is 5.73 Å². The number of rotatable bonds is 1. The molecule has 0 rings (SSSR count).